The quantitative estimate of drug-likeness (QED) is 0.320. The van der Waals surface area contributed by atoms with E-state index in [9.17, 15) is 35.9 Å². The average molecular weight is 517 g/mol. The minimum atomic E-state index is -4.82. The number of amides is 2. The van der Waals surface area contributed by atoms with Crippen LogP contribution in [0.3, 0.4) is 0 Å². The van der Waals surface area contributed by atoms with Crippen molar-refractivity contribution in [3.05, 3.63) is 70.4 Å². The Hall–Kier alpha value is -4.20. The molecule has 3 aromatic rings. The summed E-state index contributed by atoms with van der Waals surface area (Å²) in [5.74, 6) is -2.20. The number of pyridine rings is 1. The lowest BCUT2D eigenvalue weighted by atomic mass is 10.1. The monoisotopic (exact) mass is 517 g/mol. The van der Waals surface area contributed by atoms with E-state index < -0.39 is 53.9 Å². The third-order valence-electron chi connectivity index (χ3n) is 4.53. The van der Waals surface area contributed by atoms with E-state index in [4.69, 9.17) is 9.84 Å². The molecule has 1 aromatic heterocycles. The average Bonchev–Trinajstić information content (AvgIpc) is 2.80. The summed E-state index contributed by atoms with van der Waals surface area (Å²) in [7, 11) is 0. The summed E-state index contributed by atoms with van der Waals surface area (Å²) in [6.07, 6.45) is -3.68. The maximum atomic E-state index is 14.6. The van der Waals surface area contributed by atoms with Crippen molar-refractivity contribution in [3.8, 4) is 22.6 Å². The van der Waals surface area contributed by atoms with E-state index in [2.05, 4.69) is 20.4 Å². The molecule has 192 valence electrons. The topological polar surface area (TPSA) is 113 Å². The van der Waals surface area contributed by atoms with Crippen molar-refractivity contribution in [2.75, 3.05) is 23.8 Å². The normalized spacial score (nSPS) is 11.3. The number of H-pyrrole nitrogens is 1. The summed E-state index contributed by atoms with van der Waals surface area (Å²) in [6.45, 7) is -4.12. The van der Waals surface area contributed by atoms with E-state index in [1.807, 2.05) is 0 Å². The molecule has 0 saturated carbocycles. The molecule has 2 amide bonds. The molecule has 0 unspecified atom stereocenters. The van der Waals surface area contributed by atoms with Crippen molar-refractivity contribution in [1.29, 1.82) is 0 Å². The van der Waals surface area contributed by atoms with E-state index >= 15 is 0 Å². The summed E-state index contributed by atoms with van der Waals surface area (Å²) in [5.41, 5.74) is -2.46. The van der Waals surface area contributed by atoms with Gasteiger partial charge in [-0.3, -0.25) is 4.79 Å². The van der Waals surface area contributed by atoms with Gasteiger partial charge >= 0.3 is 18.8 Å². The maximum Gasteiger partial charge on any atom is 0.420 e. The molecule has 2 aromatic carbocycles. The van der Waals surface area contributed by atoms with Crippen LogP contribution >= 0.6 is 0 Å². The molecule has 0 aliphatic heterocycles. The van der Waals surface area contributed by atoms with Gasteiger partial charge in [-0.05, 0) is 42.0 Å². The van der Waals surface area contributed by atoms with Gasteiger partial charge in [-0.1, -0.05) is 6.07 Å². The number of ether oxygens (including phenoxy) is 2. The highest BCUT2D eigenvalue weighted by atomic mass is 19.4. The molecular weight excluding hydrogens is 500 g/mol. The first-order valence-corrected chi connectivity index (χ1v) is 9.98. The van der Waals surface area contributed by atoms with Gasteiger partial charge in [-0.2, -0.15) is 22.0 Å². The number of rotatable bonds is 8. The highest BCUT2D eigenvalue weighted by Gasteiger charge is 2.35. The lowest BCUT2D eigenvalue weighted by Crippen LogP contribution is -2.21. The van der Waals surface area contributed by atoms with Crippen LogP contribution in [0.25, 0.3) is 11.1 Å². The van der Waals surface area contributed by atoms with Gasteiger partial charge in [0.1, 0.15) is 18.2 Å². The first kappa shape index (κ1) is 26.4. The summed E-state index contributed by atoms with van der Waals surface area (Å²) in [4.78, 5) is 26.0. The Bertz CT molecular complexity index is 1300. The predicted octanol–water partition coefficient (Wildman–Crippen LogP) is 4.82. The van der Waals surface area contributed by atoms with Crippen molar-refractivity contribution >= 4 is 17.4 Å². The Balaban J connectivity index is 1.75. The number of aromatic nitrogens is 1. The molecule has 0 spiro atoms. The fourth-order valence-electron chi connectivity index (χ4n) is 3.00. The zero-order chi connectivity index (χ0) is 26.5. The number of nitrogens with one attached hydrogen (secondary N) is 3. The van der Waals surface area contributed by atoms with Gasteiger partial charge in [0.05, 0.1) is 17.9 Å². The van der Waals surface area contributed by atoms with E-state index in [0.29, 0.717) is 6.07 Å². The summed E-state index contributed by atoms with van der Waals surface area (Å²) in [5, 5.41) is 13.0. The molecule has 3 rings (SSSR count). The molecule has 0 fully saturated rings. The number of carbonyl (C=O) groups is 1. The minimum absolute atomic E-state index is 0.128. The van der Waals surface area contributed by atoms with Gasteiger partial charge in [0.2, 0.25) is 0 Å². The number of aliphatic hydroxyl groups excluding tert-OH is 1. The largest absolute Gasteiger partial charge is 0.491 e. The lowest BCUT2D eigenvalue weighted by molar-refractivity contribution is -0.139. The Morgan fingerprint density at radius 1 is 1.03 bits per heavy atom. The molecule has 0 aliphatic carbocycles. The smallest absolute Gasteiger partial charge is 0.420 e. The molecule has 1 heterocycles. The zero-order valence-corrected chi connectivity index (χ0v) is 18.0. The molecule has 0 aliphatic rings. The number of benzene rings is 2. The third-order valence-corrected chi connectivity index (χ3v) is 4.53. The summed E-state index contributed by atoms with van der Waals surface area (Å²) < 4.78 is 88.3. The number of halogens is 6. The van der Waals surface area contributed by atoms with Gasteiger partial charge in [-0.15, -0.1) is 0 Å². The van der Waals surface area contributed by atoms with Crippen molar-refractivity contribution in [3.63, 3.8) is 0 Å². The van der Waals surface area contributed by atoms with E-state index in [1.165, 1.54) is 6.07 Å². The predicted molar refractivity (Wildman–Crippen MR) is 116 cm³/mol. The van der Waals surface area contributed by atoms with Gasteiger partial charge in [0, 0.05) is 17.4 Å². The second kappa shape index (κ2) is 11.0. The van der Waals surface area contributed by atoms with Crippen LogP contribution in [-0.2, 0) is 6.18 Å². The minimum Gasteiger partial charge on any atom is -0.491 e. The standard InChI is InChI=1S/C22H17F6N3O5/c23-15-7-11(12-8-18(36-20(24)25)19(33)29-10-12)1-3-16(15)31-21(34)30-13-2-4-17(35-6-5-32)14(9-13)22(26,27)28/h1-4,7-10,20,32H,5-6H2,(H,29,33)(H2,30,31,34). The van der Waals surface area contributed by atoms with E-state index in [1.54, 1.807) is 0 Å². The van der Waals surface area contributed by atoms with Crippen LogP contribution < -0.4 is 25.7 Å². The van der Waals surface area contributed by atoms with Crippen LogP contribution in [-0.4, -0.2) is 35.9 Å². The number of hydrogen-bond acceptors (Lipinski definition) is 5. The van der Waals surface area contributed by atoms with Crippen LogP contribution in [0, 0.1) is 5.82 Å². The van der Waals surface area contributed by atoms with E-state index in [-0.39, 0.29) is 29.1 Å². The number of hydrogen-bond donors (Lipinski definition) is 4. The number of urea groups is 1. The number of alkyl halides is 5. The molecule has 0 radical (unpaired) electrons. The van der Waals surface area contributed by atoms with Crippen molar-refractivity contribution < 1.29 is 45.7 Å². The van der Waals surface area contributed by atoms with Gasteiger partial charge < -0.3 is 30.2 Å². The molecule has 36 heavy (non-hydrogen) atoms. The number of aliphatic hydroxyl groups is 1. The Labute approximate surface area is 198 Å². The van der Waals surface area contributed by atoms with Crippen LogP contribution in [0.2, 0.25) is 0 Å². The Morgan fingerprint density at radius 2 is 1.78 bits per heavy atom. The molecule has 4 N–H and O–H groups in total. The Kier molecular flexibility index (Phi) is 8.09. The molecule has 0 saturated heterocycles. The second-order valence-corrected chi connectivity index (χ2v) is 7.01. The molecule has 8 nitrogen and oxygen atoms in total. The molecule has 0 atom stereocenters. The highest BCUT2D eigenvalue weighted by molar-refractivity contribution is 6.00. The zero-order valence-electron chi connectivity index (χ0n) is 18.0. The van der Waals surface area contributed by atoms with Crippen LogP contribution in [0.15, 0.2) is 53.5 Å². The molecule has 0 bridgehead atoms. The van der Waals surface area contributed by atoms with Crippen LogP contribution in [0.5, 0.6) is 11.5 Å². The summed E-state index contributed by atoms with van der Waals surface area (Å²) >= 11 is 0. The Morgan fingerprint density at radius 3 is 2.42 bits per heavy atom. The van der Waals surface area contributed by atoms with Crippen LogP contribution in [0.1, 0.15) is 5.56 Å². The van der Waals surface area contributed by atoms with E-state index in [0.717, 1.165) is 36.5 Å². The molecular formula is C22H17F6N3O5. The number of carbonyl (C=O) groups excluding carboxylic acids is 1. The maximum absolute atomic E-state index is 14.6. The van der Waals surface area contributed by atoms with Crippen molar-refractivity contribution in [2.24, 2.45) is 0 Å². The fourth-order valence-corrected chi connectivity index (χ4v) is 3.00. The van der Waals surface area contributed by atoms with Crippen molar-refractivity contribution in [1.82, 2.24) is 4.98 Å². The lowest BCUT2D eigenvalue weighted by Gasteiger charge is -2.16. The van der Waals surface area contributed by atoms with Gasteiger partial charge in [0.15, 0.2) is 5.75 Å². The summed E-state index contributed by atoms with van der Waals surface area (Å²) in [6, 6.07) is 5.96. The SMILES string of the molecule is O=C(Nc1ccc(OCCO)c(C(F)(F)F)c1)Nc1ccc(-c2c[nH]c(=O)c(OC(F)F)c2)cc1F. The second-order valence-electron chi connectivity index (χ2n) is 7.01. The first-order valence-electron chi connectivity index (χ1n) is 9.98. The van der Waals surface area contributed by atoms with Crippen molar-refractivity contribution in [2.45, 2.75) is 12.8 Å². The fraction of sp³-hybridized carbons (Fsp3) is 0.182. The third kappa shape index (κ3) is 6.69. The number of anilines is 2. The first-order chi connectivity index (χ1) is 17.0. The van der Waals surface area contributed by atoms with Gasteiger partial charge in [0.25, 0.3) is 5.56 Å². The highest BCUT2D eigenvalue weighted by Crippen LogP contribution is 2.38. The van der Waals surface area contributed by atoms with Crippen LogP contribution in [0.4, 0.5) is 42.5 Å². The molecule has 14 heteroatoms. The van der Waals surface area contributed by atoms with Gasteiger partial charge in [-0.25, -0.2) is 9.18 Å². The number of aromatic amines is 1.